The molecule has 0 spiro atoms. The van der Waals surface area contributed by atoms with Crippen molar-refractivity contribution in [2.24, 2.45) is 9.98 Å². The van der Waals surface area contributed by atoms with Crippen molar-refractivity contribution in [1.29, 1.82) is 0 Å². The molecule has 8 aromatic rings. The summed E-state index contributed by atoms with van der Waals surface area (Å²) >= 11 is 9.19. The third kappa shape index (κ3) is 12.5. The Hall–Kier alpha value is -7.95. The van der Waals surface area contributed by atoms with Gasteiger partial charge in [-0.1, -0.05) is 162 Å². The molecule has 13 nitrogen and oxygen atoms in total. The van der Waals surface area contributed by atoms with Crippen LogP contribution in [0.1, 0.15) is 47.0 Å². The number of nitrogens with zero attached hydrogens (tertiary/aromatic N) is 4. The Kier molecular flexibility index (Phi) is 16.2. The van der Waals surface area contributed by atoms with E-state index in [1.54, 1.807) is 144 Å². The molecule has 1 saturated heterocycles. The van der Waals surface area contributed by atoms with Crippen molar-refractivity contribution in [3.8, 4) is 5.69 Å². The van der Waals surface area contributed by atoms with Crippen molar-refractivity contribution in [3.63, 3.8) is 0 Å². The molecule has 16 heteroatoms. The van der Waals surface area contributed by atoms with Gasteiger partial charge in [-0.25, -0.2) is 29.2 Å². The summed E-state index contributed by atoms with van der Waals surface area (Å²) in [5.41, 5.74) is 2.91. The largest absolute Gasteiger partial charge is 0.459 e. The van der Waals surface area contributed by atoms with Gasteiger partial charge in [-0.05, 0) is 84.4 Å². The monoisotopic (exact) mass is 1010 g/mol. The molecule has 1 aliphatic heterocycles. The molecule has 2 heterocycles. The van der Waals surface area contributed by atoms with Crippen LogP contribution in [-0.2, 0) is 29.4 Å². The first-order valence-corrected chi connectivity index (χ1v) is 24.8. The van der Waals surface area contributed by atoms with Gasteiger partial charge < -0.3 is 23.7 Å². The summed E-state index contributed by atoms with van der Waals surface area (Å²) in [7, 11) is 0. The van der Waals surface area contributed by atoms with Crippen molar-refractivity contribution in [2.75, 3.05) is 6.61 Å². The molecule has 0 radical (unpaired) electrons. The Labute approximate surface area is 427 Å². The average molecular weight is 1020 g/mol. The topological polar surface area (TPSA) is 157 Å². The van der Waals surface area contributed by atoms with Gasteiger partial charge in [0.05, 0.1) is 33.6 Å². The molecule has 0 unspecified atom stereocenters. The fourth-order valence-electron chi connectivity index (χ4n) is 7.52. The maximum absolute atomic E-state index is 14.4. The van der Waals surface area contributed by atoms with Crippen molar-refractivity contribution >= 4 is 64.3 Å². The molecule has 360 valence electrons. The van der Waals surface area contributed by atoms with Crippen molar-refractivity contribution < 1.29 is 42.9 Å². The van der Waals surface area contributed by atoms with Crippen LogP contribution in [0.3, 0.4) is 0 Å². The molecule has 0 amide bonds. The standard InChI is InChI=1S/C56H43ClN4O9S2/c57-42-30-19-33-44(34-42)61-55(71-36-37-20-7-1-8-21-37)60-54(58-43-31-17-6-18-32-43)72-56(61)59-49-48(70-53(65)41-28-15-5-16-29-41)47(69-52(64)40-26-13-4-14-27-40)46(68-51(63)39-24-11-3-12-25-39)45(67-49)35-66-50(62)38-22-9-2-10-23-38/h1-34,45-49H,35-36H2/b58-54?,59-56-/t45-,46-,47+,48-,49-/m1/s1. The molecule has 0 N–H and O–H groups in total. The number of thioether (sulfide) groups is 1. The highest BCUT2D eigenvalue weighted by Gasteiger charge is 2.53. The van der Waals surface area contributed by atoms with Crippen molar-refractivity contribution in [3.05, 3.63) is 249 Å². The van der Waals surface area contributed by atoms with Crippen molar-refractivity contribution in [1.82, 2.24) is 9.55 Å². The summed E-state index contributed by atoms with van der Waals surface area (Å²) in [4.78, 5) is 72.3. The summed E-state index contributed by atoms with van der Waals surface area (Å²) in [5, 5.41) is 0.879. The smallest absolute Gasteiger partial charge is 0.338 e. The Morgan fingerprint density at radius 1 is 0.583 bits per heavy atom. The Balaban J connectivity index is 1.26. The van der Waals surface area contributed by atoms with E-state index in [0.29, 0.717) is 32.1 Å². The minimum atomic E-state index is -1.65. The molecule has 5 atom stereocenters. The first-order valence-electron chi connectivity index (χ1n) is 22.6. The minimum absolute atomic E-state index is 0.146. The summed E-state index contributed by atoms with van der Waals surface area (Å²) in [6.07, 6.45) is -7.82. The molecule has 7 aromatic carbocycles. The van der Waals surface area contributed by atoms with Gasteiger partial charge in [0.1, 0.15) is 12.7 Å². The quantitative estimate of drug-likeness (QED) is 0.0547. The molecular weight excluding hydrogens is 972 g/mol. The van der Waals surface area contributed by atoms with Gasteiger partial charge in [0.25, 0.3) is 0 Å². The maximum atomic E-state index is 14.4. The number of halogens is 1. The molecule has 0 bridgehead atoms. The van der Waals surface area contributed by atoms with Gasteiger partial charge in [-0.15, -0.1) is 0 Å². The summed E-state index contributed by atoms with van der Waals surface area (Å²) in [5.74, 6) is -2.71. The SMILES string of the molecule is O=C(OC[C@H]1O[C@@H](/N=c2\sc(=Nc3ccccc3)nc(SCc3ccccc3)n2-c2cccc(Cl)c2)[C@H](OC(=O)c2ccccc2)[C@@H](OC(=O)c2ccccc2)[C@@H]1OC(=O)c1ccccc1)c1ccccc1. The number of para-hydroxylation sites is 1. The van der Waals surface area contributed by atoms with E-state index < -0.39 is 61.1 Å². The number of aromatic nitrogens is 2. The number of benzene rings is 7. The number of ether oxygens (including phenoxy) is 5. The van der Waals surface area contributed by atoms with Crippen LogP contribution in [0.15, 0.2) is 221 Å². The zero-order valence-corrected chi connectivity index (χ0v) is 40.5. The van der Waals surface area contributed by atoms with E-state index in [-0.39, 0.29) is 27.1 Å². The van der Waals surface area contributed by atoms with E-state index >= 15 is 0 Å². The van der Waals surface area contributed by atoms with Gasteiger partial charge in [0.2, 0.25) is 4.80 Å². The normalized spacial score (nSPS) is 17.9. The van der Waals surface area contributed by atoms with Crippen LogP contribution < -0.4 is 9.60 Å². The zero-order chi connectivity index (χ0) is 49.7. The van der Waals surface area contributed by atoms with E-state index in [1.807, 2.05) is 66.7 Å². The van der Waals surface area contributed by atoms with Gasteiger partial charge in [0, 0.05) is 10.8 Å². The Bertz CT molecular complexity index is 3280. The van der Waals surface area contributed by atoms with E-state index in [2.05, 4.69) is 0 Å². The first-order chi connectivity index (χ1) is 35.3. The summed E-state index contributed by atoms with van der Waals surface area (Å²) in [6.45, 7) is -0.536. The lowest BCUT2D eigenvalue weighted by molar-refractivity contribution is -0.227. The number of hydrogen-bond acceptors (Lipinski definition) is 14. The molecule has 0 aliphatic carbocycles. The molecule has 1 fully saturated rings. The first kappa shape index (κ1) is 49.0. The molecule has 1 aromatic heterocycles. The van der Waals surface area contributed by atoms with Gasteiger partial charge >= 0.3 is 23.9 Å². The fraction of sp³-hybridized carbons (Fsp3) is 0.125. The third-order valence-corrected chi connectivity index (χ3v) is 13.1. The van der Waals surface area contributed by atoms with Crippen LogP contribution in [0.25, 0.3) is 5.69 Å². The van der Waals surface area contributed by atoms with Gasteiger partial charge in [0.15, 0.2) is 34.5 Å². The lowest BCUT2D eigenvalue weighted by atomic mass is 9.97. The second kappa shape index (κ2) is 23.8. The van der Waals surface area contributed by atoms with Crippen LogP contribution in [0.4, 0.5) is 5.69 Å². The number of carbonyl (C=O) groups excluding carboxylic acids is 4. The highest BCUT2D eigenvalue weighted by atomic mass is 35.5. The second-order valence-corrected chi connectivity index (χ2v) is 18.3. The van der Waals surface area contributed by atoms with E-state index in [4.69, 9.17) is 50.3 Å². The highest BCUT2D eigenvalue weighted by molar-refractivity contribution is 7.98. The fourth-order valence-corrected chi connectivity index (χ4v) is 9.67. The number of esters is 4. The minimum Gasteiger partial charge on any atom is -0.459 e. The molecule has 9 rings (SSSR count). The number of hydrogen-bond donors (Lipinski definition) is 0. The van der Waals surface area contributed by atoms with E-state index in [1.165, 1.54) is 11.8 Å². The molecule has 72 heavy (non-hydrogen) atoms. The maximum Gasteiger partial charge on any atom is 0.338 e. The highest BCUT2D eigenvalue weighted by Crippen LogP contribution is 2.32. The van der Waals surface area contributed by atoms with Crippen LogP contribution in [-0.4, -0.2) is 70.7 Å². The lowest BCUT2D eigenvalue weighted by Gasteiger charge is -2.43. The molecule has 0 saturated carbocycles. The Morgan fingerprint density at radius 3 is 1.61 bits per heavy atom. The lowest BCUT2D eigenvalue weighted by Crippen LogP contribution is -2.62. The van der Waals surface area contributed by atoms with E-state index in [9.17, 15) is 19.2 Å². The molecular formula is C56H43ClN4O9S2. The number of rotatable bonds is 15. The predicted molar refractivity (Wildman–Crippen MR) is 272 cm³/mol. The second-order valence-electron chi connectivity index (χ2n) is 16.0. The molecule has 1 aliphatic rings. The summed E-state index contributed by atoms with van der Waals surface area (Å²) < 4.78 is 33.6. The Morgan fingerprint density at radius 2 is 1.07 bits per heavy atom. The van der Waals surface area contributed by atoms with Crippen LogP contribution >= 0.6 is 34.7 Å². The van der Waals surface area contributed by atoms with Crippen LogP contribution in [0.2, 0.25) is 5.02 Å². The van der Waals surface area contributed by atoms with E-state index in [0.717, 1.165) is 16.9 Å². The summed E-state index contributed by atoms with van der Waals surface area (Å²) in [6, 6.07) is 59.1. The van der Waals surface area contributed by atoms with Crippen molar-refractivity contribution in [2.45, 2.75) is 41.6 Å². The number of carbonyl (C=O) groups is 4. The van der Waals surface area contributed by atoms with Crippen LogP contribution in [0, 0.1) is 0 Å². The van der Waals surface area contributed by atoms with Gasteiger partial charge in [-0.2, -0.15) is 4.98 Å². The average Bonchev–Trinajstić information content (AvgIpc) is 3.42. The van der Waals surface area contributed by atoms with Gasteiger partial charge in [-0.3, -0.25) is 4.57 Å². The predicted octanol–water partition coefficient (Wildman–Crippen LogP) is 10.3. The van der Waals surface area contributed by atoms with Crippen LogP contribution in [0.5, 0.6) is 0 Å². The third-order valence-electron chi connectivity index (χ3n) is 11.0. The zero-order valence-electron chi connectivity index (χ0n) is 38.1.